The van der Waals surface area contributed by atoms with Crippen LogP contribution in [0.1, 0.15) is 5.69 Å². The first-order chi connectivity index (χ1) is 9.08. The van der Waals surface area contributed by atoms with Crippen LogP contribution in [-0.4, -0.2) is 21.2 Å². The van der Waals surface area contributed by atoms with E-state index in [0.29, 0.717) is 4.47 Å². The third-order valence-corrected chi connectivity index (χ3v) is 3.44. The van der Waals surface area contributed by atoms with Crippen molar-refractivity contribution in [3.63, 3.8) is 0 Å². The largest absolute Gasteiger partial charge is 0.384 e. The molecule has 0 amide bonds. The predicted molar refractivity (Wildman–Crippen MR) is 76.2 cm³/mol. The van der Waals surface area contributed by atoms with Gasteiger partial charge in [0, 0.05) is 54.2 Å². The van der Waals surface area contributed by atoms with Gasteiger partial charge in [0.25, 0.3) is 5.69 Å². The Morgan fingerprint density at radius 1 is 1.47 bits per heavy atom. The first-order valence-corrected chi connectivity index (χ1v) is 6.52. The van der Waals surface area contributed by atoms with Gasteiger partial charge in [0.05, 0.1) is 4.92 Å². The van der Waals surface area contributed by atoms with Gasteiger partial charge in [-0.2, -0.15) is 5.10 Å². The Morgan fingerprint density at radius 2 is 2.26 bits per heavy atom. The number of benzene rings is 1. The Balaban J connectivity index is 1.96. The van der Waals surface area contributed by atoms with Gasteiger partial charge < -0.3 is 5.32 Å². The summed E-state index contributed by atoms with van der Waals surface area (Å²) in [4.78, 5) is 10.2. The topological polar surface area (TPSA) is 73.0 Å². The van der Waals surface area contributed by atoms with Crippen molar-refractivity contribution in [2.45, 2.75) is 6.42 Å². The molecule has 0 radical (unpaired) electrons. The number of aromatic nitrogens is 2. The number of halogens is 1. The molecule has 1 aromatic heterocycles. The number of nitro groups is 1. The number of aryl methyl sites for hydroxylation is 1. The fraction of sp³-hybridized carbons (Fsp3) is 0.250. The number of non-ortho nitro benzene ring substituents is 1. The van der Waals surface area contributed by atoms with E-state index in [9.17, 15) is 10.1 Å². The Morgan fingerprint density at radius 3 is 2.84 bits per heavy atom. The maximum Gasteiger partial charge on any atom is 0.270 e. The standard InChI is InChI=1S/C12H13BrN4O2/c1-16-9(5-7-15-16)4-6-14-12-3-2-10(17(18)19)8-11(12)13/h2-3,5,7-8,14H,4,6H2,1H3. The summed E-state index contributed by atoms with van der Waals surface area (Å²) in [6.45, 7) is 0.732. The summed E-state index contributed by atoms with van der Waals surface area (Å²) in [5, 5.41) is 18.0. The molecule has 0 aliphatic rings. The lowest BCUT2D eigenvalue weighted by atomic mass is 10.2. The van der Waals surface area contributed by atoms with Crippen LogP contribution in [0.2, 0.25) is 0 Å². The van der Waals surface area contributed by atoms with Crippen LogP contribution in [0, 0.1) is 10.1 Å². The average Bonchev–Trinajstić information content (AvgIpc) is 2.77. The zero-order valence-electron chi connectivity index (χ0n) is 10.3. The highest BCUT2D eigenvalue weighted by atomic mass is 79.9. The second-order valence-electron chi connectivity index (χ2n) is 4.04. The third-order valence-electron chi connectivity index (χ3n) is 2.78. The van der Waals surface area contributed by atoms with Crippen molar-refractivity contribution >= 4 is 27.3 Å². The lowest BCUT2D eigenvalue weighted by Gasteiger charge is -2.08. The lowest BCUT2D eigenvalue weighted by Crippen LogP contribution is -2.08. The van der Waals surface area contributed by atoms with E-state index in [-0.39, 0.29) is 5.69 Å². The zero-order valence-corrected chi connectivity index (χ0v) is 11.9. The second-order valence-corrected chi connectivity index (χ2v) is 4.90. The number of nitro benzene ring substituents is 1. The molecule has 0 saturated heterocycles. The van der Waals surface area contributed by atoms with E-state index in [0.717, 1.165) is 24.3 Å². The Kier molecular flexibility index (Phi) is 4.16. The Bertz CT molecular complexity index is 597. The number of nitrogens with one attached hydrogen (secondary N) is 1. The molecule has 0 bridgehead atoms. The van der Waals surface area contributed by atoms with Crippen LogP contribution in [0.5, 0.6) is 0 Å². The lowest BCUT2D eigenvalue weighted by molar-refractivity contribution is -0.384. The smallest absolute Gasteiger partial charge is 0.270 e. The van der Waals surface area contributed by atoms with E-state index in [4.69, 9.17) is 0 Å². The van der Waals surface area contributed by atoms with Crippen LogP contribution in [-0.2, 0) is 13.5 Å². The van der Waals surface area contributed by atoms with E-state index < -0.39 is 4.92 Å². The number of rotatable bonds is 5. The quantitative estimate of drug-likeness (QED) is 0.678. The van der Waals surface area contributed by atoms with E-state index >= 15 is 0 Å². The molecule has 2 rings (SSSR count). The van der Waals surface area contributed by atoms with E-state index in [2.05, 4.69) is 26.3 Å². The molecule has 0 unspecified atom stereocenters. The number of hydrogen-bond donors (Lipinski definition) is 1. The number of nitrogens with zero attached hydrogens (tertiary/aromatic N) is 3. The number of anilines is 1. The molecule has 7 heteroatoms. The fourth-order valence-electron chi connectivity index (χ4n) is 1.73. The minimum absolute atomic E-state index is 0.0732. The van der Waals surface area contributed by atoms with Crippen LogP contribution in [0.15, 0.2) is 34.9 Å². The van der Waals surface area contributed by atoms with E-state index in [1.54, 1.807) is 12.3 Å². The molecule has 6 nitrogen and oxygen atoms in total. The first-order valence-electron chi connectivity index (χ1n) is 5.72. The van der Waals surface area contributed by atoms with Crippen LogP contribution in [0.3, 0.4) is 0 Å². The number of hydrogen-bond acceptors (Lipinski definition) is 4. The second kappa shape index (κ2) is 5.83. The molecule has 1 aromatic carbocycles. The van der Waals surface area contributed by atoms with E-state index in [1.807, 2.05) is 17.8 Å². The van der Waals surface area contributed by atoms with Crippen LogP contribution < -0.4 is 5.32 Å². The van der Waals surface area contributed by atoms with Gasteiger partial charge in [0.2, 0.25) is 0 Å². The highest BCUT2D eigenvalue weighted by Crippen LogP contribution is 2.26. The zero-order chi connectivity index (χ0) is 13.8. The molecule has 0 fully saturated rings. The normalized spacial score (nSPS) is 10.4. The van der Waals surface area contributed by atoms with Crippen LogP contribution >= 0.6 is 15.9 Å². The highest BCUT2D eigenvalue weighted by Gasteiger charge is 2.08. The maximum atomic E-state index is 10.6. The van der Waals surface area contributed by atoms with Crippen LogP contribution in [0.4, 0.5) is 11.4 Å². The van der Waals surface area contributed by atoms with Gasteiger partial charge in [-0.1, -0.05) is 0 Å². The van der Waals surface area contributed by atoms with Crippen molar-refractivity contribution in [2.75, 3.05) is 11.9 Å². The molecule has 100 valence electrons. The molecule has 0 aliphatic heterocycles. The minimum atomic E-state index is -0.413. The van der Waals surface area contributed by atoms with Crippen molar-refractivity contribution in [3.05, 3.63) is 50.7 Å². The van der Waals surface area contributed by atoms with Gasteiger partial charge in [-0.25, -0.2) is 0 Å². The fourth-order valence-corrected chi connectivity index (χ4v) is 2.24. The Labute approximate surface area is 118 Å². The molecule has 0 aliphatic carbocycles. The van der Waals surface area contributed by atoms with Crippen molar-refractivity contribution in [1.29, 1.82) is 0 Å². The first kappa shape index (κ1) is 13.5. The van der Waals surface area contributed by atoms with Gasteiger partial charge in [-0.3, -0.25) is 14.8 Å². The van der Waals surface area contributed by atoms with Gasteiger partial charge in [0.15, 0.2) is 0 Å². The molecule has 0 spiro atoms. The summed E-state index contributed by atoms with van der Waals surface area (Å²) >= 11 is 3.32. The molecule has 1 N–H and O–H groups in total. The molecule has 0 atom stereocenters. The molecule has 1 heterocycles. The molecule has 19 heavy (non-hydrogen) atoms. The Hall–Kier alpha value is -1.89. The van der Waals surface area contributed by atoms with Crippen molar-refractivity contribution in [2.24, 2.45) is 7.05 Å². The summed E-state index contributed by atoms with van der Waals surface area (Å²) < 4.78 is 2.51. The molecular formula is C12H13BrN4O2. The summed E-state index contributed by atoms with van der Waals surface area (Å²) in [7, 11) is 1.90. The SMILES string of the molecule is Cn1nccc1CCNc1ccc([N+](=O)[O-])cc1Br. The van der Waals surface area contributed by atoms with Crippen molar-refractivity contribution in [1.82, 2.24) is 9.78 Å². The summed E-state index contributed by atoms with van der Waals surface area (Å²) in [6.07, 6.45) is 2.59. The van der Waals surface area contributed by atoms with E-state index in [1.165, 1.54) is 12.1 Å². The van der Waals surface area contributed by atoms with Crippen molar-refractivity contribution in [3.8, 4) is 0 Å². The minimum Gasteiger partial charge on any atom is -0.384 e. The predicted octanol–water partition coefficient (Wildman–Crippen LogP) is 2.75. The molecule has 2 aromatic rings. The van der Waals surface area contributed by atoms with Crippen molar-refractivity contribution < 1.29 is 4.92 Å². The summed E-state index contributed by atoms with van der Waals surface area (Å²) in [6, 6.07) is 6.64. The summed E-state index contributed by atoms with van der Waals surface area (Å²) in [5.74, 6) is 0. The summed E-state index contributed by atoms with van der Waals surface area (Å²) in [5.41, 5.74) is 2.04. The van der Waals surface area contributed by atoms with Gasteiger partial charge in [-0.05, 0) is 28.1 Å². The monoisotopic (exact) mass is 324 g/mol. The molecule has 0 saturated carbocycles. The van der Waals surface area contributed by atoms with Gasteiger partial charge in [0.1, 0.15) is 0 Å². The third kappa shape index (κ3) is 3.31. The highest BCUT2D eigenvalue weighted by molar-refractivity contribution is 9.10. The molecular weight excluding hydrogens is 312 g/mol. The van der Waals surface area contributed by atoms with Gasteiger partial charge in [-0.15, -0.1) is 0 Å². The average molecular weight is 325 g/mol. The van der Waals surface area contributed by atoms with Gasteiger partial charge >= 0.3 is 0 Å². The maximum absolute atomic E-state index is 10.6. The van der Waals surface area contributed by atoms with Crippen LogP contribution in [0.25, 0.3) is 0 Å².